The van der Waals surface area contributed by atoms with Crippen LogP contribution in [-0.4, -0.2) is 46.6 Å². The molecular weight excluding hydrogens is 322 g/mol. The molecule has 1 atom stereocenters. The molecule has 1 saturated heterocycles. The van der Waals surface area contributed by atoms with E-state index in [0.717, 1.165) is 18.4 Å². The van der Waals surface area contributed by atoms with Crippen LogP contribution < -0.4 is 0 Å². The highest BCUT2D eigenvalue weighted by atomic mass is 16.5. The highest BCUT2D eigenvalue weighted by Gasteiger charge is 2.29. The first-order chi connectivity index (χ1) is 12.1. The van der Waals surface area contributed by atoms with Crippen molar-refractivity contribution in [2.45, 2.75) is 26.7 Å². The number of carbonyl (C=O) groups excluding carboxylic acids is 2. The van der Waals surface area contributed by atoms with Gasteiger partial charge in [-0.3, -0.25) is 9.59 Å². The molecule has 0 radical (unpaired) electrons. The minimum Gasteiger partial charge on any atom is -0.466 e. The standard InChI is InChI=1S/C18H21N3O4/c1-3-24-18(23)15-5-4-10-21(11-15)17(22)14-8-6-13(7-9-14)16-19-12(2)20-25-16/h6-9,15H,3-5,10-11H2,1-2H3. The summed E-state index contributed by atoms with van der Waals surface area (Å²) in [7, 11) is 0. The molecule has 25 heavy (non-hydrogen) atoms. The lowest BCUT2D eigenvalue weighted by Gasteiger charge is -2.31. The lowest BCUT2D eigenvalue weighted by molar-refractivity contribution is -0.149. The number of hydrogen-bond donors (Lipinski definition) is 0. The number of aryl methyl sites for hydroxylation is 1. The first-order valence-electron chi connectivity index (χ1n) is 8.45. The van der Waals surface area contributed by atoms with Gasteiger partial charge in [0.2, 0.25) is 0 Å². The predicted molar refractivity (Wildman–Crippen MR) is 89.7 cm³/mol. The summed E-state index contributed by atoms with van der Waals surface area (Å²) >= 11 is 0. The Hall–Kier alpha value is -2.70. The maximum atomic E-state index is 12.7. The largest absolute Gasteiger partial charge is 0.466 e. The average Bonchev–Trinajstić information content (AvgIpc) is 3.08. The van der Waals surface area contributed by atoms with Crippen LogP contribution in [0.4, 0.5) is 0 Å². The Morgan fingerprint density at radius 3 is 2.72 bits per heavy atom. The van der Waals surface area contributed by atoms with Crippen LogP contribution in [0.5, 0.6) is 0 Å². The van der Waals surface area contributed by atoms with Crippen molar-refractivity contribution in [3.8, 4) is 11.5 Å². The van der Waals surface area contributed by atoms with Gasteiger partial charge in [-0.25, -0.2) is 0 Å². The van der Waals surface area contributed by atoms with E-state index >= 15 is 0 Å². The van der Waals surface area contributed by atoms with Crippen molar-refractivity contribution in [2.75, 3.05) is 19.7 Å². The molecule has 2 aromatic rings. The summed E-state index contributed by atoms with van der Waals surface area (Å²) in [5, 5.41) is 3.76. The first kappa shape index (κ1) is 17.1. The lowest BCUT2D eigenvalue weighted by Crippen LogP contribution is -2.42. The summed E-state index contributed by atoms with van der Waals surface area (Å²) < 4.78 is 10.2. The van der Waals surface area contributed by atoms with Gasteiger partial charge in [0.15, 0.2) is 5.82 Å². The van der Waals surface area contributed by atoms with Crippen LogP contribution in [0.15, 0.2) is 28.8 Å². The van der Waals surface area contributed by atoms with Crippen LogP contribution in [0, 0.1) is 12.8 Å². The minimum absolute atomic E-state index is 0.0812. The van der Waals surface area contributed by atoms with Crippen LogP contribution in [0.25, 0.3) is 11.5 Å². The minimum atomic E-state index is -0.238. The van der Waals surface area contributed by atoms with E-state index in [9.17, 15) is 9.59 Å². The van der Waals surface area contributed by atoms with E-state index in [0.29, 0.717) is 37.0 Å². The molecule has 1 amide bonds. The van der Waals surface area contributed by atoms with E-state index in [1.54, 1.807) is 43.0 Å². The molecule has 1 aliphatic heterocycles. The van der Waals surface area contributed by atoms with Gasteiger partial charge in [-0.05, 0) is 51.0 Å². The Balaban J connectivity index is 1.69. The topological polar surface area (TPSA) is 85.5 Å². The maximum Gasteiger partial charge on any atom is 0.310 e. The summed E-state index contributed by atoms with van der Waals surface area (Å²) in [5.41, 5.74) is 1.34. The number of ether oxygens (including phenoxy) is 1. The van der Waals surface area contributed by atoms with Gasteiger partial charge >= 0.3 is 5.97 Å². The summed E-state index contributed by atoms with van der Waals surface area (Å²) in [5.74, 6) is 0.452. The number of amides is 1. The smallest absolute Gasteiger partial charge is 0.310 e. The number of rotatable bonds is 4. The Kier molecular flexibility index (Phi) is 5.11. The molecule has 7 nitrogen and oxygen atoms in total. The van der Waals surface area contributed by atoms with Gasteiger partial charge in [-0.15, -0.1) is 0 Å². The van der Waals surface area contributed by atoms with Crippen molar-refractivity contribution >= 4 is 11.9 Å². The van der Waals surface area contributed by atoms with E-state index in [2.05, 4.69) is 10.1 Å². The second kappa shape index (κ2) is 7.46. The third kappa shape index (κ3) is 3.87. The van der Waals surface area contributed by atoms with Crippen LogP contribution in [-0.2, 0) is 9.53 Å². The molecule has 0 aliphatic carbocycles. The highest BCUT2D eigenvalue weighted by molar-refractivity contribution is 5.95. The molecule has 1 fully saturated rings. The normalized spacial score (nSPS) is 17.4. The van der Waals surface area contributed by atoms with Crippen molar-refractivity contribution in [3.05, 3.63) is 35.7 Å². The third-order valence-corrected chi connectivity index (χ3v) is 4.23. The zero-order valence-corrected chi connectivity index (χ0v) is 14.4. The summed E-state index contributed by atoms with van der Waals surface area (Å²) in [6.07, 6.45) is 1.56. The van der Waals surface area contributed by atoms with Crippen LogP contribution in [0.3, 0.4) is 0 Å². The van der Waals surface area contributed by atoms with Gasteiger partial charge in [-0.2, -0.15) is 4.98 Å². The van der Waals surface area contributed by atoms with Gasteiger partial charge in [0.25, 0.3) is 11.8 Å². The van der Waals surface area contributed by atoms with E-state index < -0.39 is 0 Å². The maximum absolute atomic E-state index is 12.7. The highest BCUT2D eigenvalue weighted by Crippen LogP contribution is 2.22. The van der Waals surface area contributed by atoms with Crippen LogP contribution in [0.1, 0.15) is 35.9 Å². The molecule has 3 rings (SSSR count). The zero-order valence-electron chi connectivity index (χ0n) is 14.4. The monoisotopic (exact) mass is 343 g/mol. The summed E-state index contributed by atoms with van der Waals surface area (Å²) in [6.45, 7) is 4.96. The second-order valence-corrected chi connectivity index (χ2v) is 6.07. The zero-order chi connectivity index (χ0) is 17.8. The van der Waals surface area contributed by atoms with E-state index in [4.69, 9.17) is 9.26 Å². The fourth-order valence-electron chi connectivity index (χ4n) is 2.97. The van der Waals surface area contributed by atoms with Crippen LogP contribution >= 0.6 is 0 Å². The molecule has 0 saturated carbocycles. The number of carbonyl (C=O) groups is 2. The average molecular weight is 343 g/mol. The van der Waals surface area contributed by atoms with Crippen molar-refractivity contribution < 1.29 is 18.8 Å². The fraction of sp³-hybridized carbons (Fsp3) is 0.444. The number of hydrogen-bond acceptors (Lipinski definition) is 6. The van der Waals surface area contributed by atoms with E-state index in [-0.39, 0.29) is 17.8 Å². The molecule has 2 heterocycles. The van der Waals surface area contributed by atoms with Crippen molar-refractivity contribution in [1.82, 2.24) is 15.0 Å². The fourth-order valence-corrected chi connectivity index (χ4v) is 2.97. The van der Waals surface area contributed by atoms with Gasteiger partial charge in [0, 0.05) is 24.2 Å². The first-order valence-corrected chi connectivity index (χ1v) is 8.45. The quantitative estimate of drug-likeness (QED) is 0.793. The van der Waals surface area contributed by atoms with E-state index in [1.807, 2.05) is 0 Å². The molecule has 1 unspecified atom stereocenters. The predicted octanol–water partition coefficient (Wildman–Crippen LogP) is 2.46. The summed E-state index contributed by atoms with van der Waals surface area (Å²) in [6, 6.07) is 7.05. The van der Waals surface area contributed by atoms with Gasteiger partial charge < -0.3 is 14.2 Å². The molecule has 0 bridgehead atoms. The third-order valence-electron chi connectivity index (χ3n) is 4.23. The lowest BCUT2D eigenvalue weighted by atomic mass is 9.97. The molecule has 1 aromatic carbocycles. The van der Waals surface area contributed by atoms with E-state index in [1.165, 1.54) is 0 Å². The molecule has 7 heteroatoms. The Bertz CT molecular complexity index is 754. The SMILES string of the molecule is CCOC(=O)C1CCCN(C(=O)c2ccc(-c3nc(C)no3)cc2)C1. The number of benzene rings is 1. The van der Waals surface area contributed by atoms with Gasteiger partial charge in [0.1, 0.15) is 0 Å². The Labute approximate surface area is 146 Å². The Morgan fingerprint density at radius 1 is 1.32 bits per heavy atom. The number of piperidine rings is 1. The number of esters is 1. The molecule has 1 aromatic heterocycles. The van der Waals surface area contributed by atoms with Gasteiger partial charge in [-0.1, -0.05) is 5.16 Å². The molecule has 1 aliphatic rings. The number of likely N-dealkylation sites (tertiary alicyclic amines) is 1. The number of nitrogens with zero attached hydrogens (tertiary/aromatic N) is 3. The second-order valence-electron chi connectivity index (χ2n) is 6.07. The number of aromatic nitrogens is 2. The Morgan fingerprint density at radius 2 is 2.08 bits per heavy atom. The van der Waals surface area contributed by atoms with Crippen LogP contribution in [0.2, 0.25) is 0 Å². The van der Waals surface area contributed by atoms with Crippen molar-refractivity contribution in [2.24, 2.45) is 5.92 Å². The van der Waals surface area contributed by atoms with Crippen molar-refractivity contribution in [3.63, 3.8) is 0 Å². The molecular formula is C18H21N3O4. The molecule has 0 spiro atoms. The summed E-state index contributed by atoms with van der Waals surface area (Å²) in [4.78, 5) is 30.5. The molecule has 0 N–H and O–H groups in total. The van der Waals surface area contributed by atoms with Crippen molar-refractivity contribution in [1.29, 1.82) is 0 Å². The van der Waals surface area contributed by atoms with Gasteiger partial charge in [0.05, 0.1) is 12.5 Å². The molecule has 132 valence electrons.